The number of hydrogen-bond acceptors (Lipinski definition) is 3. The van der Waals surface area contributed by atoms with E-state index in [4.69, 9.17) is 0 Å². The number of amides is 1. The molecule has 0 aromatic heterocycles. The minimum Gasteiger partial charge on any atom is -0.352 e. The summed E-state index contributed by atoms with van der Waals surface area (Å²) in [7, 11) is 0. The molecule has 0 radical (unpaired) electrons. The van der Waals surface area contributed by atoms with Crippen LogP contribution < -0.4 is 16.2 Å². The zero-order chi connectivity index (χ0) is 15.4. The summed E-state index contributed by atoms with van der Waals surface area (Å²) in [5, 5.41) is 3.27. The second-order valence-electron chi connectivity index (χ2n) is 7.03. The predicted molar refractivity (Wildman–Crippen MR) is 88.8 cm³/mol. The Hall–Kier alpha value is -1.29. The van der Waals surface area contributed by atoms with Gasteiger partial charge in [0.1, 0.15) is 6.04 Å². The summed E-state index contributed by atoms with van der Waals surface area (Å²) in [5.74, 6) is 1.09. The molecule has 0 bridgehead atoms. The Bertz CT molecular complexity index is 451. The SMILES string of the molecule is C[C@@H](NC(=O)C1NNC2=CC=CCCCC21)C1CCCCC1. The second-order valence-corrected chi connectivity index (χ2v) is 7.03. The third-order valence-corrected chi connectivity index (χ3v) is 5.48. The Morgan fingerprint density at radius 1 is 1.23 bits per heavy atom. The summed E-state index contributed by atoms with van der Waals surface area (Å²) in [6, 6.07) is 0.153. The highest BCUT2D eigenvalue weighted by Crippen LogP contribution is 2.28. The van der Waals surface area contributed by atoms with E-state index in [0.29, 0.717) is 5.92 Å². The van der Waals surface area contributed by atoms with Crippen LogP contribution >= 0.6 is 0 Å². The minimum atomic E-state index is -0.135. The molecule has 2 aliphatic carbocycles. The van der Waals surface area contributed by atoms with Crippen molar-refractivity contribution in [1.29, 1.82) is 0 Å². The smallest absolute Gasteiger partial charge is 0.239 e. The number of carbonyl (C=O) groups is 1. The molecule has 3 aliphatic rings. The molecule has 4 nitrogen and oxygen atoms in total. The molecule has 4 heteroatoms. The highest BCUT2D eigenvalue weighted by molar-refractivity contribution is 5.83. The molecule has 2 fully saturated rings. The van der Waals surface area contributed by atoms with Gasteiger partial charge < -0.3 is 10.7 Å². The number of carbonyl (C=O) groups excluding carboxylic acids is 1. The van der Waals surface area contributed by atoms with Crippen molar-refractivity contribution >= 4 is 5.91 Å². The van der Waals surface area contributed by atoms with Gasteiger partial charge in [0.15, 0.2) is 0 Å². The largest absolute Gasteiger partial charge is 0.352 e. The molecular formula is C18H29N3O. The monoisotopic (exact) mass is 303 g/mol. The van der Waals surface area contributed by atoms with Crippen molar-refractivity contribution in [3.8, 4) is 0 Å². The van der Waals surface area contributed by atoms with Crippen LogP contribution in [0.1, 0.15) is 58.3 Å². The fourth-order valence-corrected chi connectivity index (χ4v) is 4.06. The van der Waals surface area contributed by atoms with Gasteiger partial charge in [0.25, 0.3) is 0 Å². The molecule has 1 saturated heterocycles. The predicted octanol–water partition coefficient (Wildman–Crippen LogP) is 2.79. The van der Waals surface area contributed by atoms with E-state index < -0.39 is 0 Å². The topological polar surface area (TPSA) is 53.2 Å². The van der Waals surface area contributed by atoms with E-state index in [2.05, 4.69) is 41.3 Å². The van der Waals surface area contributed by atoms with Gasteiger partial charge in [0.05, 0.1) is 0 Å². The van der Waals surface area contributed by atoms with Crippen molar-refractivity contribution in [2.75, 3.05) is 0 Å². The van der Waals surface area contributed by atoms with Crippen molar-refractivity contribution in [3.63, 3.8) is 0 Å². The van der Waals surface area contributed by atoms with Crippen molar-refractivity contribution in [2.45, 2.75) is 70.4 Å². The summed E-state index contributed by atoms with van der Waals surface area (Å²) in [4.78, 5) is 12.7. The lowest BCUT2D eigenvalue weighted by Gasteiger charge is -2.29. The van der Waals surface area contributed by atoms with E-state index in [1.165, 1.54) is 32.1 Å². The molecule has 3 atom stereocenters. The fourth-order valence-electron chi connectivity index (χ4n) is 4.06. The van der Waals surface area contributed by atoms with Crippen LogP contribution in [0.5, 0.6) is 0 Å². The molecule has 122 valence electrons. The summed E-state index contributed by atoms with van der Waals surface area (Å²) in [6.07, 6.45) is 16.2. The lowest BCUT2D eigenvalue weighted by molar-refractivity contribution is -0.124. The maximum absolute atomic E-state index is 12.7. The standard InChI is InChI=1S/C18H29N3O/c1-13(14-9-5-4-6-10-14)19-18(22)17-15-11-7-2-3-8-12-16(15)20-21-17/h3,8,12-15,17,20-21H,2,4-7,9-11H2,1H3,(H,19,22)/t13-,15?,17?/m1/s1. The molecule has 1 aliphatic heterocycles. The first kappa shape index (κ1) is 15.6. The summed E-state index contributed by atoms with van der Waals surface area (Å²) in [5.41, 5.74) is 7.56. The van der Waals surface area contributed by atoms with Crippen LogP contribution in [0.15, 0.2) is 23.9 Å². The van der Waals surface area contributed by atoms with Gasteiger partial charge in [-0.15, -0.1) is 0 Å². The van der Waals surface area contributed by atoms with Crippen molar-refractivity contribution in [2.24, 2.45) is 11.8 Å². The first-order valence-corrected chi connectivity index (χ1v) is 8.94. The first-order chi connectivity index (χ1) is 10.8. The van der Waals surface area contributed by atoms with Crippen LogP contribution in [0.3, 0.4) is 0 Å². The molecule has 0 aromatic carbocycles. The highest BCUT2D eigenvalue weighted by Gasteiger charge is 2.37. The lowest BCUT2D eigenvalue weighted by Crippen LogP contribution is -2.50. The van der Waals surface area contributed by atoms with Gasteiger partial charge in [-0.3, -0.25) is 4.79 Å². The summed E-state index contributed by atoms with van der Waals surface area (Å²) >= 11 is 0. The first-order valence-electron chi connectivity index (χ1n) is 8.94. The second kappa shape index (κ2) is 7.32. The number of nitrogens with one attached hydrogen (secondary N) is 3. The molecule has 3 N–H and O–H groups in total. The van der Waals surface area contributed by atoms with Gasteiger partial charge in [-0.05, 0) is 51.0 Å². The Morgan fingerprint density at radius 3 is 2.86 bits per heavy atom. The molecule has 1 heterocycles. The van der Waals surface area contributed by atoms with Crippen LogP contribution in [0.4, 0.5) is 0 Å². The lowest BCUT2D eigenvalue weighted by atomic mass is 9.84. The van der Waals surface area contributed by atoms with Gasteiger partial charge in [0, 0.05) is 17.7 Å². The van der Waals surface area contributed by atoms with E-state index in [-0.39, 0.29) is 23.9 Å². The molecule has 2 unspecified atom stereocenters. The van der Waals surface area contributed by atoms with Crippen LogP contribution in [0.25, 0.3) is 0 Å². The maximum Gasteiger partial charge on any atom is 0.239 e. The maximum atomic E-state index is 12.7. The van der Waals surface area contributed by atoms with Crippen molar-refractivity contribution in [3.05, 3.63) is 23.9 Å². The van der Waals surface area contributed by atoms with Gasteiger partial charge in [-0.1, -0.05) is 31.4 Å². The quantitative estimate of drug-likeness (QED) is 0.751. The molecule has 3 rings (SSSR count). The number of allylic oxidation sites excluding steroid dienone is 3. The fraction of sp³-hybridized carbons (Fsp3) is 0.722. The normalized spacial score (nSPS) is 30.5. The molecule has 0 aromatic rings. The van der Waals surface area contributed by atoms with Gasteiger partial charge in [-0.25, -0.2) is 5.43 Å². The van der Waals surface area contributed by atoms with E-state index in [0.717, 1.165) is 25.0 Å². The number of rotatable bonds is 3. The van der Waals surface area contributed by atoms with Gasteiger partial charge in [-0.2, -0.15) is 0 Å². The van der Waals surface area contributed by atoms with Crippen molar-refractivity contribution < 1.29 is 4.79 Å². The van der Waals surface area contributed by atoms with E-state index >= 15 is 0 Å². The van der Waals surface area contributed by atoms with Crippen LogP contribution in [0.2, 0.25) is 0 Å². The number of hydrazine groups is 1. The molecule has 1 saturated carbocycles. The zero-order valence-electron chi connectivity index (χ0n) is 13.6. The Morgan fingerprint density at radius 2 is 2.05 bits per heavy atom. The van der Waals surface area contributed by atoms with E-state index in [9.17, 15) is 4.79 Å². The van der Waals surface area contributed by atoms with Gasteiger partial charge >= 0.3 is 0 Å². The molecule has 0 spiro atoms. The Kier molecular flexibility index (Phi) is 5.19. The summed E-state index contributed by atoms with van der Waals surface area (Å²) in [6.45, 7) is 2.17. The average Bonchev–Trinajstić information content (AvgIpc) is 2.90. The minimum absolute atomic E-state index is 0.135. The van der Waals surface area contributed by atoms with Crippen LogP contribution in [-0.2, 0) is 4.79 Å². The third kappa shape index (κ3) is 3.54. The summed E-state index contributed by atoms with van der Waals surface area (Å²) < 4.78 is 0. The Labute approximate surface area is 133 Å². The molecular weight excluding hydrogens is 274 g/mol. The highest BCUT2D eigenvalue weighted by atomic mass is 16.2. The van der Waals surface area contributed by atoms with Crippen LogP contribution in [0, 0.1) is 11.8 Å². The Balaban J connectivity index is 1.59. The molecule has 1 amide bonds. The van der Waals surface area contributed by atoms with Crippen LogP contribution in [-0.4, -0.2) is 18.0 Å². The van der Waals surface area contributed by atoms with E-state index in [1.807, 2.05) is 0 Å². The zero-order valence-corrected chi connectivity index (χ0v) is 13.6. The average molecular weight is 303 g/mol. The van der Waals surface area contributed by atoms with Gasteiger partial charge in [0.2, 0.25) is 5.91 Å². The third-order valence-electron chi connectivity index (χ3n) is 5.48. The number of fused-ring (bicyclic) bond motifs is 1. The molecule has 22 heavy (non-hydrogen) atoms. The van der Waals surface area contributed by atoms with Crippen molar-refractivity contribution in [1.82, 2.24) is 16.2 Å². The van der Waals surface area contributed by atoms with E-state index in [1.54, 1.807) is 0 Å². The number of hydrogen-bond donors (Lipinski definition) is 3.